The zero-order valence-corrected chi connectivity index (χ0v) is 37.1. The van der Waals surface area contributed by atoms with Crippen molar-refractivity contribution in [2.45, 2.75) is 43.9 Å². The van der Waals surface area contributed by atoms with Crippen molar-refractivity contribution in [2.24, 2.45) is 0 Å². The summed E-state index contributed by atoms with van der Waals surface area (Å²) >= 11 is 0. The monoisotopic (exact) mass is 836 g/mol. The molecule has 0 spiro atoms. The van der Waals surface area contributed by atoms with Gasteiger partial charge >= 0.3 is 0 Å². The molecule has 0 unspecified atom stereocenters. The van der Waals surface area contributed by atoms with Crippen LogP contribution in [-0.4, -0.2) is 5.78 Å². The van der Waals surface area contributed by atoms with Crippen molar-refractivity contribution in [1.29, 1.82) is 0 Å². The lowest BCUT2D eigenvalue weighted by Gasteiger charge is -2.44. The SMILES string of the molecule is CC1(C)c2ccccc2N(c2ccc3c(c2)N(c2ccccc2)c2ccc(-c4ccc5c(c4)C(=O)c4ccccc4C5(c4ccccc4)c4ccccc4)cc2C3(C)C)c2ccccc21. The van der Waals surface area contributed by atoms with Gasteiger partial charge in [-0.05, 0) is 110 Å². The van der Waals surface area contributed by atoms with Crippen molar-refractivity contribution in [3.8, 4) is 11.1 Å². The van der Waals surface area contributed by atoms with E-state index in [2.05, 4.69) is 244 Å². The van der Waals surface area contributed by atoms with Gasteiger partial charge in [-0.2, -0.15) is 0 Å². The van der Waals surface area contributed by atoms with Crippen LogP contribution < -0.4 is 9.80 Å². The van der Waals surface area contributed by atoms with Crippen LogP contribution in [0.3, 0.4) is 0 Å². The van der Waals surface area contributed by atoms with Crippen LogP contribution in [0.25, 0.3) is 11.1 Å². The molecule has 2 heterocycles. The first-order chi connectivity index (χ1) is 31.7. The van der Waals surface area contributed by atoms with Gasteiger partial charge in [-0.15, -0.1) is 0 Å². The highest BCUT2D eigenvalue weighted by molar-refractivity contribution is 6.14. The summed E-state index contributed by atoms with van der Waals surface area (Å²) < 4.78 is 0. The zero-order valence-electron chi connectivity index (χ0n) is 37.1. The first-order valence-electron chi connectivity index (χ1n) is 22.7. The largest absolute Gasteiger partial charge is 0.310 e. The average Bonchev–Trinajstić information content (AvgIpc) is 3.35. The Morgan fingerprint density at radius 2 is 0.769 bits per heavy atom. The molecule has 0 N–H and O–H groups in total. The molecule has 2 aliphatic heterocycles. The van der Waals surface area contributed by atoms with E-state index in [4.69, 9.17) is 0 Å². The van der Waals surface area contributed by atoms with Gasteiger partial charge in [0, 0.05) is 33.3 Å². The van der Waals surface area contributed by atoms with E-state index in [9.17, 15) is 4.79 Å². The fourth-order valence-corrected chi connectivity index (χ4v) is 11.6. The zero-order chi connectivity index (χ0) is 44.1. The fraction of sp³-hybridized carbons (Fsp3) is 0.113. The molecule has 9 aromatic carbocycles. The molecular formula is C62H48N2O. The van der Waals surface area contributed by atoms with Crippen molar-refractivity contribution in [2.75, 3.05) is 9.80 Å². The number of ketones is 1. The number of carbonyl (C=O) groups is 1. The maximum Gasteiger partial charge on any atom is 0.193 e. The number of hydrogen-bond acceptors (Lipinski definition) is 3. The normalized spacial score (nSPS) is 15.7. The highest BCUT2D eigenvalue weighted by Gasteiger charge is 2.47. The first-order valence-corrected chi connectivity index (χ1v) is 22.7. The van der Waals surface area contributed by atoms with Crippen molar-refractivity contribution < 1.29 is 4.79 Å². The Morgan fingerprint density at radius 1 is 0.323 bits per heavy atom. The summed E-state index contributed by atoms with van der Waals surface area (Å²) in [7, 11) is 0. The summed E-state index contributed by atoms with van der Waals surface area (Å²) in [5.74, 6) is 0.0562. The molecule has 9 aromatic rings. The highest BCUT2D eigenvalue weighted by Crippen LogP contribution is 2.57. The van der Waals surface area contributed by atoms with Gasteiger partial charge in [0.05, 0.1) is 28.2 Å². The molecule has 0 bridgehead atoms. The number of fused-ring (bicyclic) bond motifs is 6. The van der Waals surface area contributed by atoms with E-state index in [0.29, 0.717) is 0 Å². The van der Waals surface area contributed by atoms with Crippen LogP contribution in [0.15, 0.2) is 218 Å². The van der Waals surface area contributed by atoms with Gasteiger partial charge in [-0.25, -0.2) is 0 Å². The smallest absolute Gasteiger partial charge is 0.193 e. The Bertz CT molecular complexity index is 3260. The molecule has 0 fully saturated rings. The van der Waals surface area contributed by atoms with E-state index in [0.717, 1.165) is 67.3 Å². The van der Waals surface area contributed by atoms with Crippen LogP contribution in [0.4, 0.5) is 34.1 Å². The van der Waals surface area contributed by atoms with Crippen molar-refractivity contribution >= 4 is 39.9 Å². The number of carbonyl (C=O) groups excluding carboxylic acids is 1. The Hall–Kier alpha value is -7.75. The van der Waals surface area contributed by atoms with Crippen LogP contribution in [0.1, 0.15) is 88.1 Å². The second-order valence-electron chi connectivity index (χ2n) is 18.8. The lowest BCUT2D eigenvalue weighted by molar-refractivity contribution is 0.103. The number of hydrogen-bond donors (Lipinski definition) is 0. The van der Waals surface area contributed by atoms with Gasteiger partial charge < -0.3 is 9.80 Å². The number of anilines is 6. The molecule has 0 amide bonds. The third-order valence-electron chi connectivity index (χ3n) is 14.7. The maximum atomic E-state index is 14.8. The minimum atomic E-state index is -0.675. The van der Waals surface area contributed by atoms with Gasteiger partial charge in [-0.1, -0.05) is 191 Å². The first kappa shape index (κ1) is 38.9. The number of benzene rings is 9. The molecule has 0 radical (unpaired) electrons. The second kappa shape index (κ2) is 14.4. The molecule has 0 atom stereocenters. The van der Waals surface area contributed by atoms with E-state index in [-0.39, 0.29) is 16.6 Å². The third-order valence-corrected chi connectivity index (χ3v) is 14.7. The number of rotatable bonds is 5. The summed E-state index contributed by atoms with van der Waals surface area (Å²) in [5.41, 5.74) is 18.7. The summed E-state index contributed by atoms with van der Waals surface area (Å²) in [6.07, 6.45) is 0. The standard InChI is InChI=1S/C62H48N2O/c1-60(2)51-28-16-18-30-55(51)64(56-31-19-17-29-52(56)60)46-34-36-53-58(40-46)63(45-24-12-7-13-25-45)57-37-33-42(39-54(57)61(53,3)4)41-32-35-50-48(38-41)59(65)47-26-14-15-27-49(47)62(50,43-20-8-5-9-21-43)44-22-10-6-11-23-44/h5-40H,1-4H3. The highest BCUT2D eigenvalue weighted by atomic mass is 16.1. The molecule has 312 valence electrons. The lowest BCUT2D eigenvalue weighted by atomic mass is 9.59. The molecule has 12 rings (SSSR count). The maximum absolute atomic E-state index is 14.8. The average molecular weight is 837 g/mol. The number of para-hydroxylation sites is 3. The summed E-state index contributed by atoms with van der Waals surface area (Å²) in [6.45, 7) is 9.38. The van der Waals surface area contributed by atoms with Gasteiger partial charge in [0.2, 0.25) is 0 Å². The molecule has 3 heteroatoms. The minimum Gasteiger partial charge on any atom is -0.310 e. The van der Waals surface area contributed by atoms with E-state index in [1.807, 2.05) is 12.1 Å². The summed E-state index contributed by atoms with van der Waals surface area (Å²) in [4.78, 5) is 19.7. The topological polar surface area (TPSA) is 23.6 Å². The van der Waals surface area contributed by atoms with Crippen molar-refractivity contribution in [1.82, 2.24) is 0 Å². The minimum absolute atomic E-state index is 0.0562. The van der Waals surface area contributed by atoms with E-state index in [1.165, 1.54) is 33.6 Å². The molecular weight excluding hydrogens is 789 g/mol. The van der Waals surface area contributed by atoms with Crippen LogP contribution in [0, 0.1) is 0 Å². The summed E-state index contributed by atoms with van der Waals surface area (Å²) in [5, 5.41) is 0. The predicted molar refractivity (Wildman–Crippen MR) is 267 cm³/mol. The van der Waals surface area contributed by atoms with Crippen LogP contribution in [0.2, 0.25) is 0 Å². The van der Waals surface area contributed by atoms with Crippen LogP contribution >= 0.6 is 0 Å². The van der Waals surface area contributed by atoms with E-state index in [1.54, 1.807) is 0 Å². The van der Waals surface area contributed by atoms with Gasteiger partial charge in [0.25, 0.3) is 0 Å². The molecule has 1 aliphatic carbocycles. The molecule has 0 saturated carbocycles. The van der Waals surface area contributed by atoms with Gasteiger partial charge in [0.1, 0.15) is 0 Å². The molecule has 0 saturated heterocycles. The fourth-order valence-electron chi connectivity index (χ4n) is 11.6. The number of nitrogens with zero attached hydrogens (tertiary/aromatic N) is 2. The molecule has 65 heavy (non-hydrogen) atoms. The van der Waals surface area contributed by atoms with Crippen molar-refractivity contribution in [3.63, 3.8) is 0 Å². The second-order valence-corrected chi connectivity index (χ2v) is 18.8. The van der Waals surface area contributed by atoms with E-state index < -0.39 is 5.41 Å². The quantitative estimate of drug-likeness (QED) is 0.173. The van der Waals surface area contributed by atoms with Gasteiger partial charge in [0.15, 0.2) is 5.78 Å². The van der Waals surface area contributed by atoms with E-state index >= 15 is 0 Å². The Labute approximate surface area is 381 Å². The molecule has 0 aromatic heterocycles. The Balaban J connectivity index is 1.02. The molecule has 3 nitrogen and oxygen atoms in total. The molecule has 3 aliphatic rings. The lowest BCUT2D eigenvalue weighted by Crippen LogP contribution is -2.38. The Kier molecular flexibility index (Phi) is 8.61. The van der Waals surface area contributed by atoms with Crippen LogP contribution in [-0.2, 0) is 16.2 Å². The van der Waals surface area contributed by atoms with Gasteiger partial charge in [-0.3, -0.25) is 4.79 Å². The van der Waals surface area contributed by atoms with Crippen LogP contribution in [0.5, 0.6) is 0 Å². The third kappa shape index (κ3) is 5.58. The predicted octanol–water partition coefficient (Wildman–Crippen LogP) is 15.5. The van der Waals surface area contributed by atoms with Crippen molar-refractivity contribution in [3.05, 3.63) is 274 Å². The summed E-state index contributed by atoms with van der Waals surface area (Å²) in [6, 6.07) is 78.5. The Morgan fingerprint density at radius 3 is 1.42 bits per heavy atom.